The Kier molecular flexibility index (Phi) is 3.40. The van der Waals surface area contributed by atoms with E-state index in [1.165, 1.54) is 6.33 Å². The quantitative estimate of drug-likeness (QED) is 0.782. The van der Waals surface area contributed by atoms with E-state index in [1.807, 2.05) is 24.3 Å². The van der Waals surface area contributed by atoms with E-state index in [9.17, 15) is 0 Å². The van der Waals surface area contributed by atoms with Crippen molar-refractivity contribution in [1.29, 1.82) is 0 Å². The molecule has 0 saturated heterocycles. The van der Waals surface area contributed by atoms with Crippen molar-refractivity contribution in [2.45, 2.75) is 6.54 Å². The summed E-state index contributed by atoms with van der Waals surface area (Å²) < 4.78 is 5.10. The number of nitrogens with one attached hydrogen (secondary N) is 1. The number of hydrogen-bond acceptors (Lipinski definition) is 5. The molecule has 0 atom stereocenters. The highest BCUT2D eigenvalue weighted by atomic mass is 16.5. The van der Waals surface area contributed by atoms with Gasteiger partial charge >= 0.3 is 0 Å². The van der Waals surface area contributed by atoms with E-state index >= 15 is 0 Å². The Balaban J connectivity index is 2.02. The molecule has 3 N–H and O–H groups in total. The molecule has 0 aliphatic rings. The summed E-state index contributed by atoms with van der Waals surface area (Å²) in [6.45, 7) is 0.658. The number of ether oxygens (including phenoxy) is 1. The van der Waals surface area contributed by atoms with Gasteiger partial charge in [-0.05, 0) is 23.8 Å². The first-order valence-electron chi connectivity index (χ1n) is 5.22. The van der Waals surface area contributed by atoms with Gasteiger partial charge < -0.3 is 15.8 Å². The maximum atomic E-state index is 5.82. The second kappa shape index (κ2) is 5.16. The first kappa shape index (κ1) is 11.2. The number of nitrogens with two attached hydrogens (primary N) is 1. The van der Waals surface area contributed by atoms with Crippen molar-refractivity contribution in [1.82, 2.24) is 9.97 Å². The summed E-state index contributed by atoms with van der Waals surface area (Å²) in [4.78, 5) is 7.92. The SMILES string of the molecule is COc1ccc(CNc2ccncn2)cc1N. The highest BCUT2D eigenvalue weighted by Gasteiger charge is 2.00. The zero-order chi connectivity index (χ0) is 12.1. The Hall–Kier alpha value is -2.30. The molecule has 88 valence electrons. The minimum Gasteiger partial charge on any atom is -0.495 e. The molecule has 0 fully saturated rings. The van der Waals surface area contributed by atoms with Gasteiger partial charge in [-0.3, -0.25) is 0 Å². The maximum Gasteiger partial charge on any atom is 0.141 e. The second-order valence-electron chi connectivity index (χ2n) is 3.52. The van der Waals surface area contributed by atoms with Gasteiger partial charge in [-0.15, -0.1) is 0 Å². The zero-order valence-corrected chi connectivity index (χ0v) is 9.55. The van der Waals surface area contributed by atoms with Crippen LogP contribution in [-0.2, 0) is 6.54 Å². The van der Waals surface area contributed by atoms with Crippen molar-refractivity contribution in [2.75, 3.05) is 18.2 Å². The number of rotatable bonds is 4. The van der Waals surface area contributed by atoms with Gasteiger partial charge in [-0.2, -0.15) is 0 Å². The van der Waals surface area contributed by atoms with Gasteiger partial charge in [0.15, 0.2) is 0 Å². The third-order valence-corrected chi connectivity index (χ3v) is 2.35. The summed E-state index contributed by atoms with van der Waals surface area (Å²) in [7, 11) is 1.60. The molecule has 1 aromatic heterocycles. The van der Waals surface area contributed by atoms with E-state index in [0.717, 1.165) is 11.4 Å². The van der Waals surface area contributed by atoms with Gasteiger partial charge in [0, 0.05) is 12.7 Å². The van der Waals surface area contributed by atoms with Crippen LogP contribution in [-0.4, -0.2) is 17.1 Å². The lowest BCUT2D eigenvalue weighted by Crippen LogP contribution is -2.02. The van der Waals surface area contributed by atoms with Crippen LogP contribution in [0.15, 0.2) is 36.8 Å². The molecule has 2 rings (SSSR count). The lowest BCUT2D eigenvalue weighted by molar-refractivity contribution is 0.417. The van der Waals surface area contributed by atoms with Gasteiger partial charge in [0.05, 0.1) is 12.8 Å². The smallest absolute Gasteiger partial charge is 0.141 e. The first-order chi connectivity index (χ1) is 8.29. The molecule has 0 radical (unpaired) electrons. The molecule has 0 amide bonds. The number of nitrogens with zero attached hydrogens (tertiary/aromatic N) is 2. The van der Waals surface area contributed by atoms with Crippen molar-refractivity contribution in [3.8, 4) is 5.75 Å². The van der Waals surface area contributed by atoms with Crippen LogP contribution < -0.4 is 15.8 Å². The Bertz CT molecular complexity index is 487. The molecule has 0 saturated carbocycles. The lowest BCUT2D eigenvalue weighted by atomic mass is 10.2. The minimum atomic E-state index is 0.634. The predicted molar refractivity (Wildman–Crippen MR) is 66.8 cm³/mol. The third kappa shape index (κ3) is 2.84. The molecule has 0 spiro atoms. The largest absolute Gasteiger partial charge is 0.495 e. The van der Waals surface area contributed by atoms with E-state index in [4.69, 9.17) is 10.5 Å². The minimum absolute atomic E-state index is 0.634. The van der Waals surface area contributed by atoms with Crippen molar-refractivity contribution < 1.29 is 4.74 Å². The summed E-state index contributed by atoms with van der Waals surface area (Å²) >= 11 is 0. The number of benzene rings is 1. The second-order valence-corrected chi connectivity index (χ2v) is 3.52. The van der Waals surface area contributed by atoms with Gasteiger partial charge in [0.2, 0.25) is 0 Å². The Morgan fingerprint density at radius 3 is 2.88 bits per heavy atom. The monoisotopic (exact) mass is 230 g/mol. The highest BCUT2D eigenvalue weighted by molar-refractivity contribution is 5.54. The third-order valence-electron chi connectivity index (χ3n) is 2.35. The van der Waals surface area contributed by atoms with Crippen LogP contribution in [0.3, 0.4) is 0 Å². The predicted octanol–water partition coefficient (Wildman–Crippen LogP) is 1.68. The zero-order valence-electron chi connectivity index (χ0n) is 9.55. The summed E-state index contributed by atoms with van der Waals surface area (Å²) in [6, 6.07) is 7.51. The Morgan fingerprint density at radius 1 is 1.35 bits per heavy atom. The number of nitrogen functional groups attached to an aromatic ring is 1. The fourth-order valence-corrected chi connectivity index (χ4v) is 1.48. The molecule has 5 nitrogen and oxygen atoms in total. The van der Waals surface area contributed by atoms with Crippen LogP contribution in [0.2, 0.25) is 0 Å². The van der Waals surface area contributed by atoms with Crippen LogP contribution in [0.25, 0.3) is 0 Å². The molecule has 0 aliphatic heterocycles. The Labute approximate surface area is 99.7 Å². The van der Waals surface area contributed by atoms with Crippen LogP contribution in [0.5, 0.6) is 5.75 Å². The fraction of sp³-hybridized carbons (Fsp3) is 0.167. The molecule has 5 heteroatoms. The van der Waals surface area contributed by atoms with Gasteiger partial charge in [0.1, 0.15) is 17.9 Å². The van der Waals surface area contributed by atoms with Crippen LogP contribution in [0, 0.1) is 0 Å². The summed E-state index contributed by atoms with van der Waals surface area (Å²) in [5, 5.41) is 3.18. The van der Waals surface area contributed by atoms with E-state index in [1.54, 1.807) is 13.3 Å². The highest BCUT2D eigenvalue weighted by Crippen LogP contribution is 2.22. The summed E-state index contributed by atoms with van der Waals surface area (Å²) in [5.41, 5.74) is 7.53. The van der Waals surface area contributed by atoms with Crippen molar-refractivity contribution in [2.24, 2.45) is 0 Å². The van der Waals surface area contributed by atoms with E-state index in [0.29, 0.717) is 18.0 Å². The van der Waals surface area contributed by atoms with Crippen molar-refractivity contribution in [3.63, 3.8) is 0 Å². The summed E-state index contributed by atoms with van der Waals surface area (Å²) in [5.74, 6) is 1.48. The number of aromatic nitrogens is 2. The standard InChI is InChI=1S/C12H14N4O/c1-17-11-3-2-9(6-10(11)13)7-15-12-4-5-14-8-16-12/h2-6,8H,7,13H2,1H3,(H,14,15,16). The van der Waals surface area contributed by atoms with Crippen molar-refractivity contribution in [3.05, 3.63) is 42.4 Å². The average molecular weight is 230 g/mol. The molecule has 17 heavy (non-hydrogen) atoms. The number of methoxy groups -OCH3 is 1. The van der Waals surface area contributed by atoms with Crippen LogP contribution in [0.4, 0.5) is 11.5 Å². The molecule has 2 aromatic rings. The molecule has 0 bridgehead atoms. The van der Waals surface area contributed by atoms with Gasteiger partial charge in [0.25, 0.3) is 0 Å². The van der Waals surface area contributed by atoms with Gasteiger partial charge in [-0.25, -0.2) is 9.97 Å². The van der Waals surface area contributed by atoms with E-state index < -0.39 is 0 Å². The molecule has 1 heterocycles. The molecule has 1 aromatic carbocycles. The van der Waals surface area contributed by atoms with Crippen LogP contribution >= 0.6 is 0 Å². The number of hydrogen-bond donors (Lipinski definition) is 2. The maximum absolute atomic E-state index is 5.82. The van der Waals surface area contributed by atoms with E-state index in [-0.39, 0.29) is 0 Å². The first-order valence-corrected chi connectivity index (χ1v) is 5.22. The molecular formula is C12H14N4O. The summed E-state index contributed by atoms with van der Waals surface area (Å²) in [6.07, 6.45) is 3.20. The normalized spacial score (nSPS) is 9.94. The van der Waals surface area contributed by atoms with Crippen molar-refractivity contribution >= 4 is 11.5 Å². The van der Waals surface area contributed by atoms with E-state index in [2.05, 4.69) is 15.3 Å². The number of anilines is 2. The van der Waals surface area contributed by atoms with Crippen LogP contribution in [0.1, 0.15) is 5.56 Å². The average Bonchev–Trinajstić information content (AvgIpc) is 2.38. The Morgan fingerprint density at radius 2 is 2.24 bits per heavy atom. The molecule has 0 aliphatic carbocycles. The lowest BCUT2D eigenvalue weighted by Gasteiger charge is -2.08. The molecular weight excluding hydrogens is 216 g/mol. The molecule has 0 unspecified atom stereocenters. The topological polar surface area (TPSA) is 73.1 Å². The van der Waals surface area contributed by atoms with Gasteiger partial charge in [-0.1, -0.05) is 6.07 Å². The fourth-order valence-electron chi connectivity index (χ4n) is 1.48.